The zero-order chi connectivity index (χ0) is 11.0. The smallest absolute Gasteiger partial charge is 0.00242 e. The fourth-order valence-electron chi connectivity index (χ4n) is 0. The van der Waals surface area contributed by atoms with Gasteiger partial charge in [0.2, 0.25) is 0 Å². The van der Waals surface area contributed by atoms with Gasteiger partial charge in [0, 0.05) is 0 Å². The van der Waals surface area contributed by atoms with Crippen LogP contribution >= 0.6 is 0 Å². The Kier molecular flexibility index (Phi) is 90.6. The van der Waals surface area contributed by atoms with Crippen molar-refractivity contribution in [3.8, 4) is 0 Å². The van der Waals surface area contributed by atoms with Crippen molar-refractivity contribution in [1.29, 1.82) is 0 Å². The molecular formula is C11H27N. The summed E-state index contributed by atoms with van der Waals surface area (Å²) in [7, 11) is 0. The second-order valence-electron chi connectivity index (χ2n) is 1.85. The van der Waals surface area contributed by atoms with Gasteiger partial charge in [-0.1, -0.05) is 47.1 Å². The van der Waals surface area contributed by atoms with Crippen LogP contribution < -0.4 is 5.73 Å². The SMILES string of the molecule is C=C.C=C(C)N.CC.CCCC. The highest BCUT2D eigenvalue weighted by atomic mass is 14.5. The standard InChI is InChI=1S/C4H10.C3H7N.C2H6.C2H4/c1-3-4-2;1-3(2)4;2*1-2/h3-4H2,1-2H3;1,4H2,2H3;1-2H3;1-2H2. The molecule has 0 bridgehead atoms. The number of rotatable bonds is 1. The fourth-order valence-corrected chi connectivity index (χ4v) is 0. The van der Waals surface area contributed by atoms with E-state index in [0.29, 0.717) is 5.70 Å². The summed E-state index contributed by atoms with van der Waals surface area (Å²) in [4.78, 5) is 0. The summed E-state index contributed by atoms with van der Waals surface area (Å²) in [6, 6.07) is 0. The normalized spacial score (nSPS) is 5.42. The van der Waals surface area contributed by atoms with Gasteiger partial charge in [-0.3, -0.25) is 0 Å². The maximum Gasteiger partial charge on any atom is -0.00242 e. The van der Waals surface area contributed by atoms with Crippen LogP contribution in [0.5, 0.6) is 0 Å². The van der Waals surface area contributed by atoms with Crippen molar-refractivity contribution in [1.82, 2.24) is 0 Å². The molecule has 1 nitrogen and oxygen atoms in total. The molecule has 0 radical (unpaired) electrons. The lowest BCUT2D eigenvalue weighted by Crippen LogP contribution is -1.83. The van der Waals surface area contributed by atoms with Gasteiger partial charge in [-0.15, -0.1) is 13.2 Å². The molecule has 0 heterocycles. The molecule has 2 N–H and O–H groups in total. The lowest BCUT2D eigenvalue weighted by Gasteiger charge is -1.69. The molecule has 0 aliphatic carbocycles. The molecule has 0 amide bonds. The molecule has 0 aromatic carbocycles. The summed E-state index contributed by atoms with van der Waals surface area (Å²) in [5.74, 6) is 0. The molecule has 0 aromatic heterocycles. The third-order valence-corrected chi connectivity index (χ3v) is 0.500. The Morgan fingerprint density at radius 3 is 1.17 bits per heavy atom. The molecule has 0 fully saturated rings. The summed E-state index contributed by atoms with van der Waals surface area (Å²) >= 11 is 0. The average Bonchev–Trinajstić information content (AvgIpc) is 2.10. The predicted octanol–water partition coefficient (Wildman–Crippen LogP) is 4.11. The Balaban J connectivity index is -0.0000000380. The van der Waals surface area contributed by atoms with Crippen molar-refractivity contribution >= 4 is 0 Å². The molecule has 0 aliphatic heterocycles. The van der Waals surface area contributed by atoms with Gasteiger partial charge in [-0.05, 0) is 12.6 Å². The molecule has 0 spiro atoms. The van der Waals surface area contributed by atoms with Gasteiger partial charge in [0.25, 0.3) is 0 Å². The molecule has 0 unspecified atom stereocenters. The van der Waals surface area contributed by atoms with E-state index in [2.05, 4.69) is 33.6 Å². The Bertz CT molecular complexity index is 52.0. The first-order valence-corrected chi connectivity index (χ1v) is 4.56. The van der Waals surface area contributed by atoms with E-state index < -0.39 is 0 Å². The number of hydrogen-bond donors (Lipinski definition) is 1. The van der Waals surface area contributed by atoms with Crippen LogP contribution in [-0.2, 0) is 0 Å². The minimum Gasteiger partial charge on any atom is -0.403 e. The second kappa shape index (κ2) is 48.3. The number of nitrogens with two attached hydrogens (primary N) is 1. The monoisotopic (exact) mass is 173 g/mol. The third kappa shape index (κ3) is 8120. The van der Waals surface area contributed by atoms with E-state index in [0.717, 1.165) is 0 Å². The van der Waals surface area contributed by atoms with Crippen LogP contribution in [0.3, 0.4) is 0 Å². The maximum absolute atomic E-state index is 4.92. The summed E-state index contributed by atoms with van der Waals surface area (Å²) in [5, 5.41) is 0. The minimum atomic E-state index is 0.667. The molecule has 76 valence electrons. The van der Waals surface area contributed by atoms with E-state index in [-0.39, 0.29) is 0 Å². The fraction of sp³-hybridized carbons (Fsp3) is 0.636. The maximum atomic E-state index is 4.92. The first kappa shape index (κ1) is 22.5. The van der Waals surface area contributed by atoms with Crippen molar-refractivity contribution in [3.63, 3.8) is 0 Å². The zero-order valence-electron chi connectivity index (χ0n) is 9.61. The molecule has 0 saturated heterocycles. The van der Waals surface area contributed by atoms with Crippen molar-refractivity contribution in [2.45, 2.75) is 47.5 Å². The van der Waals surface area contributed by atoms with Crippen molar-refractivity contribution in [2.24, 2.45) is 5.73 Å². The van der Waals surface area contributed by atoms with Crippen LogP contribution in [0, 0.1) is 0 Å². The second-order valence-corrected chi connectivity index (χ2v) is 1.85. The van der Waals surface area contributed by atoms with Crippen LogP contribution in [-0.4, -0.2) is 0 Å². The van der Waals surface area contributed by atoms with Crippen LogP contribution in [0.25, 0.3) is 0 Å². The molecule has 0 atom stereocenters. The van der Waals surface area contributed by atoms with E-state index in [1.165, 1.54) is 12.8 Å². The molecule has 0 saturated carbocycles. The first-order valence-electron chi connectivity index (χ1n) is 4.56. The quantitative estimate of drug-likeness (QED) is 0.593. The molecular weight excluding hydrogens is 146 g/mol. The Morgan fingerprint density at radius 1 is 1.08 bits per heavy atom. The number of allylic oxidation sites excluding steroid dienone is 1. The first-order chi connectivity index (χ1) is 5.65. The van der Waals surface area contributed by atoms with Gasteiger partial charge < -0.3 is 5.73 Å². The van der Waals surface area contributed by atoms with Crippen LogP contribution in [0.15, 0.2) is 25.4 Å². The van der Waals surface area contributed by atoms with E-state index in [1.807, 2.05) is 13.8 Å². The van der Waals surface area contributed by atoms with Gasteiger partial charge in [-0.2, -0.15) is 0 Å². The average molecular weight is 173 g/mol. The van der Waals surface area contributed by atoms with Crippen LogP contribution in [0.2, 0.25) is 0 Å². The van der Waals surface area contributed by atoms with Gasteiger partial charge >= 0.3 is 0 Å². The largest absolute Gasteiger partial charge is 0.403 e. The molecule has 12 heavy (non-hydrogen) atoms. The minimum absolute atomic E-state index is 0.667. The summed E-state index contributed by atoms with van der Waals surface area (Å²) in [5.41, 5.74) is 5.58. The zero-order valence-corrected chi connectivity index (χ0v) is 9.61. The van der Waals surface area contributed by atoms with Crippen LogP contribution in [0.1, 0.15) is 47.5 Å². The van der Waals surface area contributed by atoms with E-state index in [9.17, 15) is 0 Å². The Morgan fingerprint density at radius 2 is 1.17 bits per heavy atom. The molecule has 0 aromatic rings. The van der Waals surface area contributed by atoms with E-state index in [4.69, 9.17) is 5.73 Å². The third-order valence-electron chi connectivity index (χ3n) is 0.500. The molecule has 0 aliphatic rings. The Hall–Kier alpha value is -0.720. The van der Waals surface area contributed by atoms with E-state index >= 15 is 0 Å². The van der Waals surface area contributed by atoms with E-state index in [1.54, 1.807) is 6.92 Å². The summed E-state index contributed by atoms with van der Waals surface area (Å²) < 4.78 is 0. The molecule has 1 heteroatoms. The number of unbranched alkanes of at least 4 members (excludes halogenated alkanes) is 1. The van der Waals surface area contributed by atoms with Gasteiger partial charge in [0.1, 0.15) is 0 Å². The lowest BCUT2D eigenvalue weighted by atomic mass is 10.4. The van der Waals surface area contributed by atoms with Gasteiger partial charge in [0.15, 0.2) is 0 Å². The van der Waals surface area contributed by atoms with Crippen LogP contribution in [0.4, 0.5) is 0 Å². The topological polar surface area (TPSA) is 26.0 Å². The highest BCUT2D eigenvalue weighted by Gasteiger charge is 1.56. The number of hydrogen-bond acceptors (Lipinski definition) is 1. The summed E-state index contributed by atoms with van der Waals surface area (Å²) in [6.45, 7) is 19.4. The summed E-state index contributed by atoms with van der Waals surface area (Å²) in [6.07, 6.45) is 2.64. The van der Waals surface area contributed by atoms with Crippen molar-refractivity contribution in [3.05, 3.63) is 25.4 Å². The van der Waals surface area contributed by atoms with Gasteiger partial charge in [-0.25, -0.2) is 0 Å². The Labute approximate surface area is 79.4 Å². The van der Waals surface area contributed by atoms with Crippen molar-refractivity contribution < 1.29 is 0 Å². The van der Waals surface area contributed by atoms with Gasteiger partial charge in [0.05, 0.1) is 0 Å². The van der Waals surface area contributed by atoms with Crippen molar-refractivity contribution in [2.75, 3.05) is 0 Å². The molecule has 0 rings (SSSR count). The highest BCUT2D eigenvalue weighted by Crippen LogP contribution is 1.76. The highest BCUT2D eigenvalue weighted by molar-refractivity contribution is 4.76. The predicted molar refractivity (Wildman–Crippen MR) is 62.2 cm³/mol. The lowest BCUT2D eigenvalue weighted by molar-refractivity contribution is 0.886.